The molecule has 0 spiro atoms. The molecule has 1 aliphatic heterocycles. The van der Waals surface area contributed by atoms with Crippen molar-refractivity contribution in [1.82, 2.24) is 19.9 Å². The van der Waals surface area contributed by atoms with Crippen LogP contribution in [0.1, 0.15) is 33.9 Å². The molecule has 0 atom stereocenters. The summed E-state index contributed by atoms with van der Waals surface area (Å²) < 4.78 is 0. The van der Waals surface area contributed by atoms with Crippen molar-refractivity contribution in [2.24, 2.45) is 0 Å². The second-order valence-corrected chi connectivity index (χ2v) is 9.76. The number of nitrogens with one attached hydrogen (secondary N) is 4. The number of fused-ring (bicyclic) bond motifs is 8. The maximum atomic E-state index is 11.4. The molecule has 1 aliphatic rings. The molecule has 8 bridgehead atoms. The molecule has 0 amide bonds. The summed E-state index contributed by atoms with van der Waals surface area (Å²) in [5.74, 6) is 0. The number of rotatable bonds is 4. The first-order valence-electron chi connectivity index (χ1n) is 13.2. The highest BCUT2D eigenvalue weighted by Gasteiger charge is 2.14. The number of carbonyl (C=O) groups is 1. The minimum Gasteiger partial charge on any atom is -0.355 e. The van der Waals surface area contributed by atoms with Gasteiger partial charge in [0.2, 0.25) is 0 Å². The highest BCUT2D eigenvalue weighted by Crippen LogP contribution is 2.23. The van der Waals surface area contributed by atoms with Crippen molar-refractivity contribution in [3.63, 3.8) is 0 Å². The van der Waals surface area contributed by atoms with E-state index in [-0.39, 0.29) is 0 Å². The predicted molar refractivity (Wildman–Crippen MR) is 159 cm³/mol. The summed E-state index contributed by atoms with van der Waals surface area (Å²) in [5, 5.41) is 3.89. The molecular formula is C35H26N4O. The first-order valence-corrected chi connectivity index (χ1v) is 13.2. The molecule has 7 rings (SSSR count). The van der Waals surface area contributed by atoms with Gasteiger partial charge in [0.1, 0.15) is 6.29 Å². The zero-order valence-electron chi connectivity index (χ0n) is 21.6. The molecule has 40 heavy (non-hydrogen) atoms. The molecule has 4 N–H and O–H groups in total. The molecule has 4 aromatic heterocycles. The second-order valence-electron chi connectivity index (χ2n) is 9.76. The molecule has 5 heterocycles. The van der Waals surface area contributed by atoms with E-state index in [9.17, 15) is 4.79 Å². The normalized spacial score (nSPS) is 13.1. The monoisotopic (exact) mass is 518 g/mol. The lowest BCUT2D eigenvalue weighted by Crippen LogP contribution is -2.17. The molecule has 0 radical (unpaired) electrons. The number of allylic oxidation sites excluding steroid dienone is 2. The molecule has 192 valence electrons. The van der Waals surface area contributed by atoms with Gasteiger partial charge >= 0.3 is 0 Å². The Morgan fingerprint density at radius 3 is 1.82 bits per heavy atom. The minimum absolute atomic E-state index is 0.806. The fourth-order valence-corrected chi connectivity index (χ4v) is 5.43. The number of aldehydes is 1. The van der Waals surface area contributed by atoms with Gasteiger partial charge in [-0.1, -0.05) is 60.7 Å². The lowest BCUT2D eigenvalue weighted by molar-refractivity contribution is -0.104. The van der Waals surface area contributed by atoms with E-state index in [1.807, 2.05) is 42.5 Å². The number of H-pyrrole nitrogens is 4. The standard InChI is InChI=1S/C35H26N4O/c40-21-7-12-27-28-17-19-32(38-28)34(23-8-3-1-4-9-23)30-15-13-25(36-30)22-26-14-16-31(37-26)35(24-10-5-2-6-11-24)33-20-18-29(27)39-33/h1-22,36-39H. The van der Waals surface area contributed by atoms with Crippen LogP contribution in [0, 0.1) is 0 Å². The van der Waals surface area contributed by atoms with Gasteiger partial charge in [-0.15, -0.1) is 0 Å². The quantitative estimate of drug-likeness (QED) is 0.209. The van der Waals surface area contributed by atoms with Gasteiger partial charge in [0, 0.05) is 60.9 Å². The number of benzene rings is 2. The Labute approximate surface area is 230 Å². The molecule has 0 unspecified atom stereocenters. The van der Waals surface area contributed by atoms with E-state index in [0.717, 1.165) is 78.3 Å². The second kappa shape index (κ2) is 9.97. The molecule has 5 heteroatoms. The number of hydrogen-bond donors (Lipinski definition) is 4. The van der Waals surface area contributed by atoms with Crippen LogP contribution >= 0.6 is 0 Å². The summed E-state index contributed by atoms with van der Waals surface area (Å²) in [7, 11) is 0. The van der Waals surface area contributed by atoms with Crippen molar-refractivity contribution >= 4 is 29.1 Å². The van der Waals surface area contributed by atoms with Crippen LogP contribution in [0.5, 0.6) is 0 Å². The Morgan fingerprint density at radius 2 is 1.10 bits per heavy atom. The zero-order valence-corrected chi connectivity index (χ0v) is 21.6. The lowest BCUT2D eigenvalue weighted by Gasteiger charge is -2.07. The van der Waals surface area contributed by atoms with Crippen molar-refractivity contribution in [2.75, 3.05) is 0 Å². The maximum Gasteiger partial charge on any atom is 0.142 e. The van der Waals surface area contributed by atoms with Crippen molar-refractivity contribution < 1.29 is 4.79 Å². The number of aromatic nitrogens is 4. The summed E-state index contributed by atoms with van der Waals surface area (Å²) in [6.45, 7) is 0. The number of hydrogen-bond acceptors (Lipinski definition) is 1. The SMILES string of the molecule is O=CC=CC1=c2ccc([nH]2)=C(c2ccccc2)c2ccc([nH]2)C=c2ccc([nH]2)=C(c2ccccc2)c2ccc1[nH]2. The Bertz CT molecular complexity index is 2120. The van der Waals surface area contributed by atoms with E-state index in [4.69, 9.17) is 0 Å². The van der Waals surface area contributed by atoms with Gasteiger partial charge in [-0.3, -0.25) is 4.79 Å². The summed E-state index contributed by atoms with van der Waals surface area (Å²) in [4.78, 5) is 25.9. The van der Waals surface area contributed by atoms with Crippen LogP contribution in [0.25, 0.3) is 22.8 Å². The average Bonchev–Trinajstić information content (AvgIpc) is 3.81. The third kappa shape index (κ3) is 4.29. The van der Waals surface area contributed by atoms with E-state index in [2.05, 4.69) is 98.8 Å². The first-order chi connectivity index (χ1) is 19.8. The lowest BCUT2D eigenvalue weighted by atomic mass is 10.0. The van der Waals surface area contributed by atoms with Crippen LogP contribution in [0.3, 0.4) is 0 Å². The molecule has 0 saturated carbocycles. The van der Waals surface area contributed by atoms with E-state index in [1.165, 1.54) is 6.08 Å². The van der Waals surface area contributed by atoms with Crippen molar-refractivity contribution in [1.29, 1.82) is 0 Å². The van der Waals surface area contributed by atoms with Gasteiger partial charge < -0.3 is 19.9 Å². The molecular weight excluding hydrogens is 492 g/mol. The molecule has 0 fully saturated rings. The van der Waals surface area contributed by atoms with Crippen LogP contribution in [-0.4, -0.2) is 26.2 Å². The van der Waals surface area contributed by atoms with Crippen LogP contribution in [0.15, 0.2) is 121 Å². The molecule has 5 nitrogen and oxygen atoms in total. The van der Waals surface area contributed by atoms with Gasteiger partial charge in [-0.25, -0.2) is 0 Å². The van der Waals surface area contributed by atoms with E-state index >= 15 is 0 Å². The van der Waals surface area contributed by atoms with Gasteiger partial charge in [0.05, 0.1) is 0 Å². The van der Waals surface area contributed by atoms with Crippen molar-refractivity contribution in [2.45, 2.75) is 0 Å². The van der Waals surface area contributed by atoms with Gasteiger partial charge in [0.25, 0.3) is 0 Å². The van der Waals surface area contributed by atoms with Crippen molar-refractivity contribution in [3.8, 4) is 0 Å². The fraction of sp³-hybridized carbons (Fsp3) is 0. The fourth-order valence-electron chi connectivity index (χ4n) is 5.43. The predicted octanol–water partition coefficient (Wildman–Crippen LogP) is 3.59. The third-order valence-electron chi connectivity index (χ3n) is 7.22. The summed E-state index contributed by atoms with van der Waals surface area (Å²) >= 11 is 0. The highest BCUT2D eigenvalue weighted by atomic mass is 16.1. The first kappa shape index (κ1) is 23.6. The molecule has 2 aromatic carbocycles. The van der Waals surface area contributed by atoms with Crippen LogP contribution in [-0.2, 0) is 4.79 Å². The summed E-state index contributed by atoms with van der Waals surface area (Å²) in [6, 6.07) is 37.5. The average molecular weight is 519 g/mol. The van der Waals surface area contributed by atoms with E-state index < -0.39 is 0 Å². The molecule has 6 aromatic rings. The molecule has 0 aliphatic carbocycles. The zero-order chi connectivity index (χ0) is 26.9. The topological polar surface area (TPSA) is 80.2 Å². The third-order valence-corrected chi connectivity index (χ3v) is 7.22. The van der Waals surface area contributed by atoms with Crippen LogP contribution < -0.4 is 21.4 Å². The van der Waals surface area contributed by atoms with Crippen LogP contribution in [0.4, 0.5) is 0 Å². The van der Waals surface area contributed by atoms with Gasteiger partial charge in [-0.2, -0.15) is 0 Å². The summed E-state index contributed by atoms with van der Waals surface area (Å²) in [5.41, 5.74) is 9.11. The molecule has 0 saturated heterocycles. The smallest absolute Gasteiger partial charge is 0.142 e. The number of aromatic amines is 4. The Morgan fingerprint density at radius 1 is 0.500 bits per heavy atom. The van der Waals surface area contributed by atoms with Gasteiger partial charge in [-0.05, 0) is 77.9 Å². The summed E-state index contributed by atoms with van der Waals surface area (Å²) in [6.07, 6.45) is 6.31. The van der Waals surface area contributed by atoms with E-state index in [0.29, 0.717) is 0 Å². The Kier molecular flexibility index (Phi) is 5.87. The highest BCUT2D eigenvalue weighted by molar-refractivity contribution is 5.82. The maximum absolute atomic E-state index is 11.4. The number of carbonyl (C=O) groups excluding carboxylic acids is 1. The Hall–Kier alpha value is -5.55. The minimum atomic E-state index is 0.806. The van der Waals surface area contributed by atoms with Crippen molar-refractivity contribution in [3.05, 3.63) is 177 Å². The largest absolute Gasteiger partial charge is 0.355 e. The van der Waals surface area contributed by atoms with Gasteiger partial charge in [0.15, 0.2) is 0 Å². The Balaban J connectivity index is 1.59. The van der Waals surface area contributed by atoms with E-state index in [1.54, 1.807) is 0 Å². The van der Waals surface area contributed by atoms with Crippen LogP contribution in [0.2, 0.25) is 0 Å².